The van der Waals surface area contributed by atoms with Crippen molar-refractivity contribution in [3.05, 3.63) is 35.4 Å². The molecule has 0 aliphatic rings. The van der Waals surface area contributed by atoms with Crippen LogP contribution in [0, 0.1) is 0 Å². The van der Waals surface area contributed by atoms with E-state index in [1.165, 1.54) is 0 Å². The minimum Gasteiger partial charge on any atom is -0.481 e. The van der Waals surface area contributed by atoms with Crippen LogP contribution in [0.3, 0.4) is 0 Å². The molecule has 2 N–H and O–H groups in total. The minimum absolute atomic E-state index is 0.0450. The van der Waals surface area contributed by atoms with Crippen molar-refractivity contribution >= 4 is 23.6 Å². The molecule has 0 spiro atoms. The summed E-state index contributed by atoms with van der Waals surface area (Å²) in [4.78, 5) is 22.1. The van der Waals surface area contributed by atoms with Gasteiger partial charge in [0, 0.05) is 12.3 Å². The standard InChI is InChI=1S/C14H19NO3S/c1-3-15-13(16)9-19-8-11-4-6-12(7-5-11)10(2)14(17)18/h4-7,10H,3,8-9H2,1-2H3,(H,15,16)(H,17,18). The molecule has 0 saturated carbocycles. The molecule has 0 heterocycles. The summed E-state index contributed by atoms with van der Waals surface area (Å²) in [6.45, 7) is 4.22. The first-order valence-corrected chi connectivity index (χ1v) is 7.36. The number of thioether (sulfide) groups is 1. The number of amides is 1. The molecule has 0 fully saturated rings. The molecule has 1 atom stereocenters. The maximum atomic E-state index is 11.3. The third-order valence-electron chi connectivity index (χ3n) is 2.73. The van der Waals surface area contributed by atoms with Crippen LogP contribution >= 0.6 is 11.8 Å². The number of rotatable bonds is 7. The van der Waals surface area contributed by atoms with Gasteiger partial charge in [0.05, 0.1) is 11.7 Å². The highest BCUT2D eigenvalue weighted by molar-refractivity contribution is 7.99. The van der Waals surface area contributed by atoms with E-state index in [1.807, 2.05) is 31.2 Å². The highest BCUT2D eigenvalue weighted by atomic mass is 32.2. The van der Waals surface area contributed by atoms with E-state index < -0.39 is 11.9 Å². The Kier molecular flexibility index (Phi) is 6.42. The molecule has 4 nitrogen and oxygen atoms in total. The van der Waals surface area contributed by atoms with E-state index >= 15 is 0 Å². The fourth-order valence-corrected chi connectivity index (χ4v) is 2.37. The smallest absolute Gasteiger partial charge is 0.310 e. The zero-order valence-electron chi connectivity index (χ0n) is 11.2. The van der Waals surface area contributed by atoms with Crippen molar-refractivity contribution in [1.82, 2.24) is 5.32 Å². The summed E-state index contributed by atoms with van der Waals surface area (Å²) in [5.74, 6) is -0.0704. The monoisotopic (exact) mass is 281 g/mol. The van der Waals surface area contributed by atoms with Gasteiger partial charge in [0.25, 0.3) is 0 Å². The summed E-state index contributed by atoms with van der Waals surface area (Å²) in [7, 11) is 0. The van der Waals surface area contributed by atoms with Crippen LogP contribution in [0.1, 0.15) is 30.9 Å². The van der Waals surface area contributed by atoms with E-state index in [0.717, 1.165) is 16.9 Å². The van der Waals surface area contributed by atoms with Crippen LogP contribution < -0.4 is 5.32 Å². The van der Waals surface area contributed by atoms with Gasteiger partial charge in [-0.1, -0.05) is 24.3 Å². The zero-order chi connectivity index (χ0) is 14.3. The van der Waals surface area contributed by atoms with E-state index in [0.29, 0.717) is 12.3 Å². The van der Waals surface area contributed by atoms with Gasteiger partial charge in [-0.2, -0.15) is 0 Å². The molecule has 19 heavy (non-hydrogen) atoms. The quantitative estimate of drug-likeness (QED) is 0.804. The molecule has 5 heteroatoms. The van der Waals surface area contributed by atoms with E-state index in [-0.39, 0.29) is 5.91 Å². The Morgan fingerprint density at radius 2 is 1.95 bits per heavy atom. The third-order valence-corrected chi connectivity index (χ3v) is 3.73. The topological polar surface area (TPSA) is 66.4 Å². The Morgan fingerprint density at radius 1 is 1.32 bits per heavy atom. The van der Waals surface area contributed by atoms with Crippen LogP contribution in [0.2, 0.25) is 0 Å². The number of nitrogens with one attached hydrogen (secondary N) is 1. The maximum absolute atomic E-state index is 11.3. The lowest BCUT2D eigenvalue weighted by atomic mass is 10.0. The van der Waals surface area contributed by atoms with Gasteiger partial charge < -0.3 is 10.4 Å². The number of carboxylic acid groups (broad SMARTS) is 1. The lowest BCUT2D eigenvalue weighted by Gasteiger charge is -2.08. The number of hydrogen-bond donors (Lipinski definition) is 2. The SMILES string of the molecule is CCNC(=O)CSCc1ccc(C(C)C(=O)O)cc1. The molecule has 0 aliphatic heterocycles. The Balaban J connectivity index is 2.44. The van der Waals surface area contributed by atoms with Crippen LogP contribution in [0.5, 0.6) is 0 Å². The first kappa shape index (κ1) is 15.6. The summed E-state index contributed by atoms with van der Waals surface area (Å²) < 4.78 is 0. The molecule has 0 radical (unpaired) electrons. The lowest BCUT2D eigenvalue weighted by molar-refractivity contribution is -0.138. The summed E-state index contributed by atoms with van der Waals surface area (Å²) >= 11 is 1.55. The first-order valence-electron chi connectivity index (χ1n) is 6.20. The van der Waals surface area contributed by atoms with E-state index in [4.69, 9.17) is 5.11 Å². The van der Waals surface area contributed by atoms with Crippen molar-refractivity contribution in [2.24, 2.45) is 0 Å². The molecule has 1 amide bonds. The van der Waals surface area contributed by atoms with Gasteiger partial charge in [0.2, 0.25) is 5.91 Å². The second kappa shape index (κ2) is 7.84. The largest absolute Gasteiger partial charge is 0.481 e. The molecule has 1 aromatic carbocycles. The summed E-state index contributed by atoms with van der Waals surface area (Å²) in [6.07, 6.45) is 0. The highest BCUT2D eigenvalue weighted by Crippen LogP contribution is 2.18. The lowest BCUT2D eigenvalue weighted by Crippen LogP contribution is -2.24. The fourth-order valence-electron chi connectivity index (χ4n) is 1.55. The van der Waals surface area contributed by atoms with E-state index in [2.05, 4.69) is 5.32 Å². The Hall–Kier alpha value is -1.49. The van der Waals surface area contributed by atoms with Crippen LogP contribution in [-0.4, -0.2) is 29.3 Å². The van der Waals surface area contributed by atoms with Crippen LogP contribution in [0.25, 0.3) is 0 Å². The molecule has 1 aromatic rings. The van der Waals surface area contributed by atoms with Crippen molar-refractivity contribution in [2.75, 3.05) is 12.3 Å². The average Bonchev–Trinajstić information content (AvgIpc) is 2.39. The molecule has 0 aromatic heterocycles. The Bertz CT molecular complexity index is 431. The molecule has 0 aliphatic carbocycles. The van der Waals surface area contributed by atoms with Crippen molar-refractivity contribution in [3.8, 4) is 0 Å². The molecule has 0 saturated heterocycles. The minimum atomic E-state index is -0.821. The van der Waals surface area contributed by atoms with Gasteiger partial charge in [-0.25, -0.2) is 0 Å². The van der Waals surface area contributed by atoms with Gasteiger partial charge in [-0.05, 0) is 25.0 Å². The van der Waals surface area contributed by atoms with Crippen molar-refractivity contribution < 1.29 is 14.7 Å². The van der Waals surface area contributed by atoms with Crippen LogP contribution in [-0.2, 0) is 15.3 Å². The van der Waals surface area contributed by atoms with E-state index in [9.17, 15) is 9.59 Å². The zero-order valence-corrected chi connectivity index (χ0v) is 12.0. The summed E-state index contributed by atoms with van der Waals surface area (Å²) in [6, 6.07) is 7.50. The number of benzene rings is 1. The van der Waals surface area contributed by atoms with Crippen molar-refractivity contribution in [2.45, 2.75) is 25.5 Å². The Labute approximate surface area is 117 Å². The summed E-state index contributed by atoms with van der Waals surface area (Å²) in [5, 5.41) is 11.7. The van der Waals surface area contributed by atoms with E-state index in [1.54, 1.807) is 18.7 Å². The van der Waals surface area contributed by atoms with Gasteiger partial charge in [0.15, 0.2) is 0 Å². The Morgan fingerprint density at radius 3 is 2.47 bits per heavy atom. The van der Waals surface area contributed by atoms with Crippen LogP contribution in [0.15, 0.2) is 24.3 Å². The predicted molar refractivity (Wildman–Crippen MR) is 77.3 cm³/mol. The second-order valence-corrected chi connectivity index (χ2v) is 5.23. The molecule has 1 rings (SSSR count). The van der Waals surface area contributed by atoms with Crippen molar-refractivity contribution in [1.29, 1.82) is 0 Å². The molecular weight excluding hydrogens is 262 g/mol. The molecular formula is C14H19NO3S. The second-order valence-electron chi connectivity index (χ2n) is 4.25. The number of carbonyl (C=O) groups excluding carboxylic acids is 1. The fraction of sp³-hybridized carbons (Fsp3) is 0.429. The van der Waals surface area contributed by atoms with Gasteiger partial charge >= 0.3 is 5.97 Å². The number of hydrogen-bond acceptors (Lipinski definition) is 3. The molecule has 0 bridgehead atoms. The number of aliphatic carboxylic acids is 1. The normalized spacial score (nSPS) is 11.9. The number of carboxylic acids is 1. The van der Waals surface area contributed by atoms with Crippen LogP contribution in [0.4, 0.5) is 0 Å². The van der Waals surface area contributed by atoms with Gasteiger partial charge in [-0.3, -0.25) is 9.59 Å². The third kappa shape index (κ3) is 5.34. The molecule has 104 valence electrons. The van der Waals surface area contributed by atoms with Crippen molar-refractivity contribution in [3.63, 3.8) is 0 Å². The predicted octanol–water partition coefficient (Wildman–Crippen LogP) is 2.24. The highest BCUT2D eigenvalue weighted by Gasteiger charge is 2.12. The summed E-state index contributed by atoms with van der Waals surface area (Å²) in [5.41, 5.74) is 1.89. The number of carbonyl (C=O) groups is 2. The molecule has 1 unspecified atom stereocenters. The average molecular weight is 281 g/mol. The first-order chi connectivity index (χ1) is 9.04. The maximum Gasteiger partial charge on any atom is 0.310 e. The van der Waals surface area contributed by atoms with Gasteiger partial charge in [-0.15, -0.1) is 11.8 Å². The van der Waals surface area contributed by atoms with Gasteiger partial charge in [0.1, 0.15) is 0 Å².